The van der Waals surface area contributed by atoms with E-state index in [4.69, 9.17) is 0 Å². The Morgan fingerprint density at radius 1 is 1.19 bits per heavy atom. The highest BCUT2D eigenvalue weighted by Crippen LogP contribution is 2.11. The Labute approximate surface area is 125 Å². The lowest BCUT2D eigenvalue weighted by Gasteiger charge is -2.09. The molecule has 0 aliphatic rings. The van der Waals surface area contributed by atoms with Gasteiger partial charge in [-0.05, 0) is 37.2 Å². The summed E-state index contributed by atoms with van der Waals surface area (Å²) in [5.74, 6) is -0.494. The third kappa shape index (κ3) is 5.82. The third-order valence-corrected chi connectivity index (χ3v) is 4.26. The van der Waals surface area contributed by atoms with Crippen LogP contribution in [0.25, 0.3) is 0 Å². The molecule has 1 rings (SSSR count). The van der Waals surface area contributed by atoms with E-state index in [2.05, 4.69) is 14.8 Å². The third-order valence-electron chi connectivity index (χ3n) is 2.78. The molecular formula is C14H22N2O4S. The van der Waals surface area contributed by atoms with Gasteiger partial charge in [0.25, 0.3) is 0 Å². The topological polar surface area (TPSA) is 84.5 Å². The fourth-order valence-corrected chi connectivity index (χ4v) is 2.73. The Hall–Kier alpha value is -1.44. The minimum absolute atomic E-state index is 0.131. The predicted octanol–water partition coefficient (Wildman–Crippen LogP) is 1.14. The zero-order chi connectivity index (χ0) is 15.9. The molecule has 0 aromatic heterocycles. The van der Waals surface area contributed by atoms with Crippen molar-refractivity contribution in [3.05, 3.63) is 29.8 Å². The molecule has 21 heavy (non-hydrogen) atoms. The Kier molecular flexibility index (Phi) is 6.80. The molecule has 0 aliphatic carbocycles. The molecule has 0 spiro atoms. The van der Waals surface area contributed by atoms with E-state index in [0.29, 0.717) is 24.6 Å². The molecule has 6 nitrogen and oxygen atoms in total. The van der Waals surface area contributed by atoms with Gasteiger partial charge >= 0.3 is 5.97 Å². The van der Waals surface area contributed by atoms with Crippen LogP contribution < -0.4 is 10.0 Å². The predicted molar refractivity (Wildman–Crippen MR) is 80.7 cm³/mol. The highest BCUT2D eigenvalue weighted by molar-refractivity contribution is 7.89. The summed E-state index contributed by atoms with van der Waals surface area (Å²) in [4.78, 5) is 11.4. The van der Waals surface area contributed by atoms with Gasteiger partial charge in [-0.1, -0.05) is 13.8 Å². The summed E-state index contributed by atoms with van der Waals surface area (Å²) < 4.78 is 31.2. The lowest BCUT2D eigenvalue weighted by Crippen LogP contribution is -2.29. The number of esters is 1. The van der Waals surface area contributed by atoms with E-state index in [1.807, 2.05) is 13.8 Å². The van der Waals surface area contributed by atoms with Crippen LogP contribution in [0.4, 0.5) is 0 Å². The summed E-state index contributed by atoms with van der Waals surface area (Å²) in [6.07, 6.45) is 0.706. The molecule has 0 bridgehead atoms. The summed E-state index contributed by atoms with van der Waals surface area (Å²) >= 11 is 0. The number of methoxy groups -OCH3 is 1. The largest absolute Gasteiger partial charge is 0.465 e. The average molecular weight is 314 g/mol. The van der Waals surface area contributed by atoms with Crippen molar-refractivity contribution in [1.82, 2.24) is 10.0 Å². The Bertz CT molecular complexity index is 553. The van der Waals surface area contributed by atoms with Crippen molar-refractivity contribution >= 4 is 16.0 Å². The van der Waals surface area contributed by atoms with Crippen LogP contribution in [0, 0.1) is 0 Å². The molecule has 0 saturated heterocycles. The van der Waals surface area contributed by atoms with Gasteiger partial charge in [-0.15, -0.1) is 0 Å². The van der Waals surface area contributed by atoms with E-state index in [0.717, 1.165) is 6.54 Å². The van der Waals surface area contributed by atoms with Crippen molar-refractivity contribution in [2.24, 2.45) is 0 Å². The van der Waals surface area contributed by atoms with Crippen molar-refractivity contribution in [2.45, 2.75) is 31.2 Å². The van der Waals surface area contributed by atoms with Crippen molar-refractivity contribution in [3.63, 3.8) is 0 Å². The van der Waals surface area contributed by atoms with Crippen LogP contribution in [0.2, 0.25) is 0 Å². The number of carbonyl (C=O) groups is 1. The molecule has 0 saturated carbocycles. The maximum atomic E-state index is 12.0. The SMILES string of the molecule is COC(=O)c1ccc(S(=O)(=O)NCCCNC(C)C)cc1. The highest BCUT2D eigenvalue weighted by Gasteiger charge is 2.14. The summed E-state index contributed by atoms with van der Waals surface area (Å²) in [5.41, 5.74) is 0.317. The van der Waals surface area contributed by atoms with Gasteiger partial charge in [0, 0.05) is 12.6 Å². The maximum absolute atomic E-state index is 12.0. The fraction of sp³-hybridized carbons (Fsp3) is 0.500. The Morgan fingerprint density at radius 3 is 2.33 bits per heavy atom. The van der Waals surface area contributed by atoms with Crippen molar-refractivity contribution in [3.8, 4) is 0 Å². The minimum atomic E-state index is -3.54. The number of hydrogen-bond donors (Lipinski definition) is 2. The second-order valence-electron chi connectivity index (χ2n) is 4.88. The molecule has 0 amide bonds. The van der Waals surface area contributed by atoms with Crippen LogP contribution in [-0.4, -0.2) is 40.6 Å². The van der Waals surface area contributed by atoms with Gasteiger partial charge in [-0.25, -0.2) is 17.9 Å². The van der Waals surface area contributed by atoms with E-state index in [1.54, 1.807) is 0 Å². The van der Waals surface area contributed by atoms with Gasteiger partial charge in [-0.3, -0.25) is 0 Å². The molecule has 1 aromatic carbocycles. The quantitative estimate of drug-likeness (QED) is 0.555. The molecule has 0 aliphatic heterocycles. The zero-order valence-electron chi connectivity index (χ0n) is 12.5. The number of nitrogens with one attached hydrogen (secondary N) is 2. The van der Waals surface area contributed by atoms with Crippen LogP contribution in [-0.2, 0) is 14.8 Å². The number of hydrogen-bond acceptors (Lipinski definition) is 5. The highest BCUT2D eigenvalue weighted by atomic mass is 32.2. The first kappa shape index (κ1) is 17.6. The summed E-state index contributed by atoms with van der Waals surface area (Å²) in [5, 5.41) is 3.21. The maximum Gasteiger partial charge on any atom is 0.337 e. The zero-order valence-corrected chi connectivity index (χ0v) is 13.4. The van der Waals surface area contributed by atoms with E-state index >= 15 is 0 Å². The molecule has 7 heteroatoms. The van der Waals surface area contributed by atoms with Crippen molar-refractivity contribution < 1.29 is 17.9 Å². The van der Waals surface area contributed by atoms with Gasteiger partial charge in [0.15, 0.2) is 0 Å². The summed E-state index contributed by atoms with van der Waals surface area (Å²) in [6, 6.07) is 6.02. The monoisotopic (exact) mass is 314 g/mol. The van der Waals surface area contributed by atoms with Gasteiger partial charge < -0.3 is 10.1 Å². The summed E-state index contributed by atoms with van der Waals surface area (Å²) in [7, 11) is -2.26. The first-order valence-corrected chi connectivity index (χ1v) is 8.26. The summed E-state index contributed by atoms with van der Waals surface area (Å²) in [6.45, 7) is 5.18. The minimum Gasteiger partial charge on any atom is -0.465 e. The normalized spacial score (nSPS) is 11.6. The number of sulfonamides is 1. The van der Waals surface area contributed by atoms with Crippen molar-refractivity contribution in [2.75, 3.05) is 20.2 Å². The lowest BCUT2D eigenvalue weighted by atomic mass is 10.2. The number of carbonyl (C=O) groups excluding carboxylic acids is 1. The molecular weight excluding hydrogens is 292 g/mol. The Balaban J connectivity index is 2.56. The van der Waals surface area contributed by atoms with Crippen LogP contribution in [0.1, 0.15) is 30.6 Å². The first-order valence-electron chi connectivity index (χ1n) is 6.78. The molecule has 0 radical (unpaired) electrons. The molecule has 0 atom stereocenters. The van der Waals surface area contributed by atoms with Gasteiger partial charge in [0.05, 0.1) is 17.6 Å². The van der Waals surface area contributed by atoms with Crippen LogP contribution in [0.5, 0.6) is 0 Å². The smallest absolute Gasteiger partial charge is 0.337 e. The molecule has 1 aromatic rings. The number of benzene rings is 1. The molecule has 0 unspecified atom stereocenters. The molecule has 118 valence electrons. The molecule has 0 heterocycles. The van der Waals surface area contributed by atoms with E-state index in [9.17, 15) is 13.2 Å². The Morgan fingerprint density at radius 2 is 1.81 bits per heavy atom. The first-order chi connectivity index (χ1) is 9.86. The van der Waals surface area contributed by atoms with Crippen LogP contribution in [0.3, 0.4) is 0 Å². The molecule has 0 fully saturated rings. The van der Waals surface area contributed by atoms with Crippen molar-refractivity contribution in [1.29, 1.82) is 0 Å². The van der Waals surface area contributed by atoms with E-state index in [1.165, 1.54) is 31.4 Å². The van der Waals surface area contributed by atoms with Gasteiger partial charge in [-0.2, -0.15) is 0 Å². The van der Waals surface area contributed by atoms with Crippen LogP contribution in [0.15, 0.2) is 29.2 Å². The number of rotatable bonds is 8. The average Bonchev–Trinajstić information content (AvgIpc) is 2.45. The number of ether oxygens (including phenoxy) is 1. The van der Waals surface area contributed by atoms with Gasteiger partial charge in [0.1, 0.15) is 0 Å². The fourth-order valence-electron chi connectivity index (χ4n) is 1.66. The van der Waals surface area contributed by atoms with Gasteiger partial charge in [0.2, 0.25) is 10.0 Å². The van der Waals surface area contributed by atoms with Crippen LogP contribution >= 0.6 is 0 Å². The second kappa shape index (κ2) is 8.11. The van der Waals surface area contributed by atoms with E-state index < -0.39 is 16.0 Å². The second-order valence-corrected chi connectivity index (χ2v) is 6.64. The molecule has 2 N–H and O–H groups in total. The lowest BCUT2D eigenvalue weighted by molar-refractivity contribution is 0.0600. The standard InChI is InChI=1S/C14H22N2O4S/c1-11(2)15-9-4-10-16-21(18,19)13-7-5-12(6-8-13)14(17)20-3/h5-8,11,15-16H,4,9-10H2,1-3H3. The van der Waals surface area contributed by atoms with E-state index in [-0.39, 0.29) is 4.90 Å².